The predicted molar refractivity (Wildman–Crippen MR) is 86.6 cm³/mol. The lowest BCUT2D eigenvalue weighted by Gasteiger charge is -2.37. The van der Waals surface area contributed by atoms with Crippen LogP contribution >= 0.6 is 11.6 Å². The van der Waals surface area contributed by atoms with Gasteiger partial charge < -0.3 is 4.74 Å². The third kappa shape index (κ3) is 4.00. The van der Waals surface area contributed by atoms with E-state index in [1.54, 1.807) is 6.07 Å². The second-order valence-electron chi connectivity index (χ2n) is 5.52. The zero-order valence-corrected chi connectivity index (χ0v) is 14.2. The summed E-state index contributed by atoms with van der Waals surface area (Å²) in [6, 6.07) is 5.88. The smallest absolute Gasteiger partial charge is 0.233 e. The van der Waals surface area contributed by atoms with Crippen LogP contribution in [-0.2, 0) is 15.8 Å². The van der Waals surface area contributed by atoms with Gasteiger partial charge in [0.05, 0.1) is 24.8 Å². The molecular formula is C15H15ClFN3O3S. The van der Waals surface area contributed by atoms with E-state index in [1.165, 1.54) is 34.9 Å². The summed E-state index contributed by atoms with van der Waals surface area (Å²) in [7, 11) is -3.53. The maximum absolute atomic E-state index is 13.6. The van der Waals surface area contributed by atoms with Crippen molar-refractivity contribution in [3.63, 3.8) is 0 Å². The first-order chi connectivity index (χ1) is 11.4. The average Bonchev–Trinajstić information content (AvgIpc) is 2.48. The molecule has 1 fully saturated rings. The highest BCUT2D eigenvalue weighted by Crippen LogP contribution is 2.24. The van der Waals surface area contributed by atoms with Crippen LogP contribution in [0, 0.1) is 11.7 Å². The molecule has 0 N–H and O–H groups in total. The van der Waals surface area contributed by atoms with Gasteiger partial charge >= 0.3 is 0 Å². The van der Waals surface area contributed by atoms with Gasteiger partial charge in [-0.05, 0) is 6.07 Å². The lowest BCUT2D eigenvalue weighted by molar-refractivity contribution is 0.126. The summed E-state index contributed by atoms with van der Waals surface area (Å²) in [5.41, 5.74) is 0.173. The first-order valence-corrected chi connectivity index (χ1v) is 9.24. The number of nitrogens with zero attached hydrogens (tertiary/aromatic N) is 3. The van der Waals surface area contributed by atoms with E-state index in [-0.39, 0.29) is 22.4 Å². The number of aromatic nitrogens is 2. The van der Waals surface area contributed by atoms with E-state index in [0.717, 1.165) is 0 Å². The molecule has 1 aromatic carbocycles. The number of benzene rings is 1. The van der Waals surface area contributed by atoms with Gasteiger partial charge in [0.25, 0.3) is 0 Å². The second kappa shape index (κ2) is 7.00. The molecular weight excluding hydrogens is 357 g/mol. The van der Waals surface area contributed by atoms with E-state index in [4.69, 9.17) is 16.3 Å². The molecule has 0 amide bonds. The molecule has 2 aromatic rings. The molecule has 2 heterocycles. The van der Waals surface area contributed by atoms with Crippen molar-refractivity contribution in [2.24, 2.45) is 5.92 Å². The lowest BCUT2D eigenvalue weighted by Crippen LogP contribution is -2.52. The van der Waals surface area contributed by atoms with Crippen molar-refractivity contribution in [2.75, 3.05) is 19.7 Å². The zero-order chi connectivity index (χ0) is 17.2. The van der Waals surface area contributed by atoms with Crippen LogP contribution in [0.25, 0.3) is 0 Å². The SMILES string of the molecule is O=S(=O)(Cc1ccccc1F)N1CC(COc2cncc(Cl)n2)C1. The number of ether oxygens (including phenoxy) is 1. The third-order valence-electron chi connectivity index (χ3n) is 3.66. The molecule has 0 spiro atoms. The number of halogens is 2. The summed E-state index contributed by atoms with van der Waals surface area (Å²) in [5, 5.41) is 0.232. The largest absolute Gasteiger partial charge is 0.476 e. The minimum atomic E-state index is -3.53. The Kier molecular flexibility index (Phi) is 4.98. The van der Waals surface area contributed by atoms with Crippen LogP contribution in [0.2, 0.25) is 5.15 Å². The Labute approximate surface area is 144 Å². The summed E-state index contributed by atoms with van der Waals surface area (Å²) < 4.78 is 44.9. The standard InChI is InChI=1S/C15H15ClFN3O3S/c16-14-5-18-6-15(19-14)23-9-11-7-20(8-11)24(21,22)10-12-3-1-2-4-13(12)17/h1-6,11H,7-10H2. The molecule has 0 saturated carbocycles. The molecule has 1 saturated heterocycles. The van der Waals surface area contributed by atoms with Gasteiger partial charge in [0, 0.05) is 24.6 Å². The highest BCUT2D eigenvalue weighted by atomic mass is 35.5. The Morgan fingerprint density at radius 2 is 2.04 bits per heavy atom. The predicted octanol–water partition coefficient (Wildman–Crippen LogP) is 2.11. The number of hydrogen-bond donors (Lipinski definition) is 0. The van der Waals surface area contributed by atoms with Gasteiger partial charge in [-0.3, -0.25) is 4.98 Å². The first-order valence-electron chi connectivity index (χ1n) is 7.25. The Morgan fingerprint density at radius 3 is 2.75 bits per heavy atom. The molecule has 128 valence electrons. The molecule has 0 bridgehead atoms. The normalized spacial score (nSPS) is 15.9. The van der Waals surface area contributed by atoms with Crippen molar-refractivity contribution in [1.82, 2.24) is 14.3 Å². The Balaban J connectivity index is 1.51. The van der Waals surface area contributed by atoms with Crippen LogP contribution in [0.4, 0.5) is 4.39 Å². The van der Waals surface area contributed by atoms with E-state index < -0.39 is 15.8 Å². The van der Waals surface area contributed by atoms with Crippen molar-refractivity contribution >= 4 is 21.6 Å². The highest BCUT2D eigenvalue weighted by molar-refractivity contribution is 7.88. The molecule has 0 radical (unpaired) electrons. The molecule has 9 heteroatoms. The van der Waals surface area contributed by atoms with Crippen LogP contribution in [0.1, 0.15) is 5.56 Å². The van der Waals surface area contributed by atoms with Crippen LogP contribution < -0.4 is 4.74 Å². The molecule has 6 nitrogen and oxygen atoms in total. The second-order valence-corrected chi connectivity index (χ2v) is 7.88. The van der Waals surface area contributed by atoms with Gasteiger partial charge in [0.1, 0.15) is 5.82 Å². The quantitative estimate of drug-likeness (QED) is 0.777. The molecule has 1 aliphatic rings. The summed E-state index contributed by atoms with van der Waals surface area (Å²) >= 11 is 5.71. The lowest BCUT2D eigenvalue weighted by atomic mass is 10.1. The summed E-state index contributed by atoms with van der Waals surface area (Å²) in [5.74, 6) is -0.495. The fourth-order valence-corrected chi connectivity index (χ4v) is 4.18. The van der Waals surface area contributed by atoms with Crippen LogP contribution in [0.5, 0.6) is 5.88 Å². The fraction of sp³-hybridized carbons (Fsp3) is 0.333. The first kappa shape index (κ1) is 17.1. The molecule has 3 rings (SSSR count). The van der Waals surface area contributed by atoms with Gasteiger partial charge in [-0.1, -0.05) is 29.8 Å². The topological polar surface area (TPSA) is 72.4 Å². The van der Waals surface area contributed by atoms with E-state index in [0.29, 0.717) is 25.6 Å². The summed E-state index contributed by atoms with van der Waals surface area (Å²) in [6.07, 6.45) is 2.84. The van der Waals surface area contributed by atoms with Crippen molar-refractivity contribution in [1.29, 1.82) is 0 Å². The number of hydrogen-bond acceptors (Lipinski definition) is 5. The van der Waals surface area contributed by atoms with Gasteiger partial charge in [-0.25, -0.2) is 17.1 Å². The summed E-state index contributed by atoms with van der Waals surface area (Å²) in [4.78, 5) is 7.80. The monoisotopic (exact) mass is 371 g/mol. The van der Waals surface area contributed by atoms with Crippen LogP contribution in [0.15, 0.2) is 36.7 Å². The number of rotatable bonds is 6. The van der Waals surface area contributed by atoms with E-state index >= 15 is 0 Å². The zero-order valence-electron chi connectivity index (χ0n) is 12.6. The maximum atomic E-state index is 13.6. The fourth-order valence-electron chi connectivity index (χ4n) is 2.36. The van der Waals surface area contributed by atoms with E-state index in [9.17, 15) is 12.8 Å². The van der Waals surface area contributed by atoms with Gasteiger partial charge in [0.2, 0.25) is 15.9 Å². The number of sulfonamides is 1. The summed E-state index contributed by atoms with van der Waals surface area (Å²) in [6.45, 7) is 0.996. The minimum Gasteiger partial charge on any atom is -0.476 e. The van der Waals surface area contributed by atoms with Gasteiger partial charge in [-0.2, -0.15) is 4.98 Å². The van der Waals surface area contributed by atoms with E-state index in [1.807, 2.05) is 0 Å². The minimum absolute atomic E-state index is 0.0566. The molecule has 0 atom stereocenters. The Morgan fingerprint density at radius 1 is 1.29 bits per heavy atom. The van der Waals surface area contributed by atoms with Crippen molar-refractivity contribution in [3.8, 4) is 5.88 Å². The highest BCUT2D eigenvalue weighted by Gasteiger charge is 2.36. The Bertz CT molecular complexity index is 828. The molecule has 0 unspecified atom stereocenters. The van der Waals surface area contributed by atoms with Crippen LogP contribution in [-0.4, -0.2) is 42.4 Å². The van der Waals surface area contributed by atoms with Gasteiger partial charge in [-0.15, -0.1) is 0 Å². The molecule has 24 heavy (non-hydrogen) atoms. The Hall–Kier alpha value is -1.77. The average molecular weight is 372 g/mol. The van der Waals surface area contributed by atoms with Gasteiger partial charge in [0.15, 0.2) is 5.15 Å². The van der Waals surface area contributed by atoms with Crippen molar-refractivity contribution < 1.29 is 17.5 Å². The molecule has 0 aliphatic carbocycles. The maximum Gasteiger partial charge on any atom is 0.233 e. The van der Waals surface area contributed by atoms with Crippen molar-refractivity contribution in [2.45, 2.75) is 5.75 Å². The van der Waals surface area contributed by atoms with Crippen molar-refractivity contribution in [3.05, 3.63) is 53.2 Å². The molecule has 1 aromatic heterocycles. The van der Waals surface area contributed by atoms with E-state index in [2.05, 4.69) is 9.97 Å². The molecule has 1 aliphatic heterocycles. The van der Waals surface area contributed by atoms with Crippen LogP contribution in [0.3, 0.4) is 0 Å². The third-order valence-corrected chi connectivity index (χ3v) is 5.61.